The summed E-state index contributed by atoms with van der Waals surface area (Å²) in [5.74, 6) is -0.626. The van der Waals surface area contributed by atoms with Gasteiger partial charge in [0.15, 0.2) is 0 Å². The van der Waals surface area contributed by atoms with E-state index in [1.807, 2.05) is 31.2 Å². The van der Waals surface area contributed by atoms with Gasteiger partial charge in [-0.15, -0.1) is 0 Å². The van der Waals surface area contributed by atoms with Crippen LogP contribution in [0.5, 0.6) is 0 Å². The fourth-order valence-corrected chi connectivity index (χ4v) is 2.77. The average Bonchev–Trinajstić information content (AvgIpc) is 2.74. The van der Waals surface area contributed by atoms with Crippen LogP contribution in [0.25, 0.3) is 0 Å². The third kappa shape index (κ3) is 2.70. The largest absolute Gasteiger partial charge is 0.332 e. The van der Waals surface area contributed by atoms with Crippen molar-refractivity contribution in [2.75, 3.05) is 4.90 Å². The molecule has 5 heteroatoms. The van der Waals surface area contributed by atoms with E-state index < -0.39 is 6.04 Å². The molecule has 2 aromatic rings. The summed E-state index contributed by atoms with van der Waals surface area (Å²) < 4.78 is 13.1. The summed E-state index contributed by atoms with van der Waals surface area (Å²) in [6, 6.07) is 12.3. The topological polar surface area (TPSA) is 40.6 Å². The van der Waals surface area contributed by atoms with Gasteiger partial charge >= 0.3 is 6.03 Å². The van der Waals surface area contributed by atoms with Crippen LogP contribution in [0.2, 0.25) is 0 Å². The first kappa shape index (κ1) is 15.2. The molecule has 1 saturated heterocycles. The van der Waals surface area contributed by atoms with Crippen molar-refractivity contribution in [2.45, 2.75) is 26.4 Å². The normalized spacial score (nSPS) is 18.0. The van der Waals surface area contributed by atoms with E-state index in [9.17, 15) is 14.0 Å². The van der Waals surface area contributed by atoms with Crippen molar-refractivity contribution in [3.8, 4) is 0 Å². The van der Waals surface area contributed by atoms with Gasteiger partial charge < -0.3 is 0 Å². The molecule has 1 atom stereocenters. The number of hydrogen-bond donors (Lipinski definition) is 0. The van der Waals surface area contributed by atoms with Gasteiger partial charge in [-0.2, -0.15) is 0 Å². The fourth-order valence-electron chi connectivity index (χ4n) is 2.77. The highest BCUT2D eigenvalue weighted by molar-refractivity contribution is 6.13. The number of aryl methyl sites for hydroxylation is 1. The molecule has 0 aromatic heterocycles. The molecule has 0 radical (unpaired) electrons. The SMILES string of the molecule is Cc1ccccc1CN1C(=O)C(C)N(c2ccc(F)cc2)C1=O. The third-order valence-corrected chi connectivity index (χ3v) is 4.14. The van der Waals surface area contributed by atoms with Gasteiger partial charge in [0.25, 0.3) is 5.91 Å². The summed E-state index contributed by atoms with van der Waals surface area (Å²) in [5, 5.41) is 0. The Morgan fingerprint density at radius 3 is 2.35 bits per heavy atom. The third-order valence-electron chi connectivity index (χ3n) is 4.14. The van der Waals surface area contributed by atoms with Crippen LogP contribution in [-0.2, 0) is 11.3 Å². The lowest BCUT2D eigenvalue weighted by molar-refractivity contribution is -0.127. The Kier molecular flexibility index (Phi) is 3.86. The molecule has 1 fully saturated rings. The number of imide groups is 1. The average molecular weight is 312 g/mol. The number of carbonyl (C=O) groups is 2. The maximum absolute atomic E-state index is 13.1. The highest BCUT2D eigenvalue weighted by atomic mass is 19.1. The summed E-state index contributed by atoms with van der Waals surface area (Å²) in [7, 11) is 0. The second-order valence-corrected chi connectivity index (χ2v) is 5.66. The fraction of sp³-hybridized carbons (Fsp3) is 0.222. The molecular weight excluding hydrogens is 295 g/mol. The minimum Gasteiger partial charge on any atom is -0.282 e. The van der Waals surface area contributed by atoms with E-state index in [0.717, 1.165) is 11.1 Å². The van der Waals surface area contributed by atoms with Gasteiger partial charge in [-0.1, -0.05) is 24.3 Å². The van der Waals surface area contributed by atoms with Gasteiger partial charge in [0, 0.05) is 5.69 Å². The predicted octanol–water partition coefficient (Wildman–Crippen LogP) is 3.49. The van der Waals surface area contributed by atoms with Gasteiger partial charge in [-0.25, -0.2) is 9.18 Å². The summed E-state index contributed by atoms with van der Waals surface area (Å²) in [5.41, 5.74) is 2.48. The van der Waals surface area contributed by atoms with Crippen LogP contribution in [0.15, 0.2) is 48.5 Å². The number of benzene rings is 2. The standard InChI is InChI=1S/C18H17FN2O2/c1-12-5-3-4-6-14(12)11-20-17(22)13(2)21(18(20)23)16-9-7-15(19)8-10-16/h3-10,13H,11H2,1-2H3. The Labute approximate surface area is 134 Å². The van der Waals surface area contributed by atoms with Gasteiger partial charge in [-0.3, -0.25) is 14.6 Å². The van der Waals surface area contributed by atoms with Crippen molar-refractivity contribution in [1.29, 1.82) is 0 Å². The van der Waals surface area contributed by atoms with Crippen LogP contribution in [0.1, 0.15) is 18.1 Å². The number of nitrogens with zero attached hydrogens (tertiary/aromatic N) is 2. The highest BCUT2D eigenvalue weighted by Gasteiger charge is 2.43. The number of amides is 3. The monoisotopic (exact) mass is 312 g/mol. The van der Waals surface area contributed by atoms with Crippen molar-refractivity contribution in [2.24, 2.45) is 0 Å². The quantitative estimate of drug-likeness (QED) is 0.814. The summed E-state index contributed by atoms with van der Waals surface area (Å²) in [4.78, 5) is 27.8. The Bertz CT molecular complexity index is 758. The number of hydrogen-bond acceptors (Lipinski definition) is 2. The van der Waals surface area contributed by atoms with Gasteiger partial charge in [-0.05, 0) is 49.2 Å². The lowest BCUT2D eigenvalue weighted by atomic mass is 10.1. The zero-order valence-corrected chi connectivity index (χ0v) is 13.0. The predicted molar refractivity (Wildman–Crippen MR) is 85.5 cm³/mol. The van der Waals surface area contributed by atoms with E-state index in [1.54, 1.807) is 6.92 Å². The van der Waals surface area contributed by atoms with Gasteiger partial charge in [0.05, 0.1) is 6.54 Å². The highest BCUT2D eigenvalue weighted by Crippen LogP contribution is 2.27. The molecule has 0 aliphatic carbocycles. The Morgan fingerprint density at radius 2 is 1.70 bits per heavy atom. The zero-order chi connectivity index (χ0) is 16.6. The zero-order valence-electron chi connectivity index (χ0n) is 13.0. The molecule has 1 aliphatic rings. The Balaban J connectivity index is 1.89. The molecule has 1 heterocycles. The number of halogens is 1. The maximum Gasteiger partial charge on any atom is 0.332 e. The van der Waals surface area contributed by atoms with Gasteiger partial charge in [0.1, 0.15) is 11.9 Å². The van der Waals surface area contributed by atoms with E-state index in [4.69, 9.17) is 0 Å². The molecular formula is C18H17FN2O2. The molecule has 2 aromatic carbocycles. The Hall–Kier alpha value is -2.69. The van der Waals surface area contributed by atoms with Crippen LogP contribution >= 0.6 is 0 Å². The number of rotatable bonds is 3. The molecule has 0 spiro atoms. The van der Waals surface area contributed by atoms with E-state index in [0.29, 0.717) is 5.69 Å². The first-order chi connectivity index (χ1) is 11.0. The van der Waals surface area contributed by atoms with Crippen LogP contribution in [0, 0.1) is 12.7 Å². The number of urea groups is 1. The van der Waals surface area contributed by atoms with Crippen molar-refractivity contribution in [1.82, 2.24) is 4.90 Å². The molecule has 0 bridgehead atoms. The van der Waals surface area contributed by atoms with Crippen molar-refractivity contribution < 1.29 is 14.0 Å². The summed E-state index contributed by atoms with van der Waals surface area (Å²) in [6.45, 7) is 3.87. The smallest absolute Gasteiger partial charge is 0.282 e. The lowest BCUT2D eigenvalue weighted by Crippen LogP contribution is -2.33. The van der Waals surface area contributed by atoms with Crippen LogP contribution in [0.4, 0.5) is 14.9 Å². The van der Waals surface area contributed by atoms with E-state index in [-0.39, 0.29) is 24.3 Å². The number of carbonyl (C=O) groups excluding carboxylic acids is 2. The second kappa shape index (κ2) is 5.83. The Morgan fingerprint density at radius 1 is 1.04 bits per heavy atom. The summed E-state index contributed by atoms with van der Waals surface area (Å²) in [6.07, 6.45) is 0. The molecule has 1 unspecified atom stereocenters. The number of anilines is 1. The van der Waals surface area contributed by atoms with Crippen molar-refractivity contribution >= 4 is 17.6 Å². The molecule has 4 nitrogen and oxygen atoms in total. The minimum absolute atomic E-state index is 0.242. The first-order valence-corrected chi connectivity index (χ1v) is 7.43. The molecule has 1 aliphatic heterocycles. The second-order valence-electron chi connectivity index (χ2n) is 5.66. The molecule has 0 N–H and O–H groups in total. The molecule has 0 saturated carbocycles. The molecule has 3 rings (SSSR count). The minimum atomic E-state index is -0.600. The van der Waals surface area contributed by atoms with Crippen LogP contribution in [0.3, 0.4) is 0 Å². The lowest BCUT2D eigenvalue weighted by Gasteiger charge is -2.19. The van der Waals surface area contributed by atoms with Crippen molar-refractivity contribution in [3.63, 3.8) is 0 Å². The van der Waals surface area contributed by atoms with Gasteiger partial charge in [0.2, 0.25) is 0 Å². The maximum atomic E-state index is 13.1. The van der Waals surface area contributed by atoms with E-state index >= 15 is 0 Å². The summed E-state index contributed by atoms with van der Waals surface area (Å²) >= 11 is 0. The van der Waals surface area contributed by atoms with Crippen LogP contribution in [-0.4, -0.2) is 22.9 Å². The molecule has 118 valence electrons. The molecule has 23 heavy (non-hydrogen) atoms. The molecule has 3 amide bonds. The first-order valence-electron chi connectivity index (χ1n) is 7.43. The van der Waals surface area contributed by atoms with Crippen LogP contribution < -0.4 is 4.90 Å². The van der Waals surface area contributed by atoms with E-state index in [2.05, 4.69) is 0 Å². The van der Waals surface area contributed by atoms with E-state index in [1.165, 1.54) is 34.1 Å². The van der Waals surface area contributed by atoms with Crippen molar-refractivity contribution in [3.05, 3.63) is 65.5 Å².